The van der Waals surface area contributed by atoms with E-state index in [9.17, 15) is 0 Å². The Morgan fingerprint density at radius 1 is 0.879 bits per heavy atom. The third-order valence-corrected chi connectivity index (χ3v) is 6.93. The highest BCUT2D eigenvalue weighted by Crippen LogP contribution is 2.35. The summed E-state index contributed by atoms with van der Waals surface area (Å²) < 4.78 is 5.87. The zero-order chi connectivity index (χ0) is 22.9. The van der Waals surface area contributed by atoms with Gasteiger partial charge in [-0.1, -0.05) is 86.5 Å². The largest absolute Gasteiger partial charge is 0.494 e. The fourth-order valence-electron chi connectivity index (χ4n) is 4.88. The number of unbranched alkanes of at least 4 members (excludes halogenated alkanes) is 2. The van der Waals surface area contributed by atoms with Gasteiger partial charge in [-0.2, -0.15) is 0 Å². The van der Waals surface area contributed by atoms with Crippen LogP contribution in [-0.4, -0.2) is 6.61 Å². The van der Waals surface area contributed by atoms with Crippen molar-refractivity contribution >= 4 is 0 Å². The van der Waals surface area contributed by atoms with Crippen molar-refractivity contribution in [1.82, 2.24) is 0 Å². The fraction of sp³-hybridized carbons (Fsp3) is 0.375. The predicted octanol–water partition coefficient (Wildman–Crippen LogP) is 8.70. The standard InChI is InChI=1S/C32H38O/c1-3-5-7-9-25-10-12-26(13-11-25)28-14-16-31-24-29(15-17-30(31)23-28)27-18-20-32(21-19-27)33-22-8-6-4-2/h3,5,10-13,15,17-21,24,28H,4,6-9,14,16,22-23H2,1-2H3/b5-3+. The zero-order valence-corrected chi connectivity index (χ0v) is 20.4. The lowest BCUT2D eigenvalue weighted by Crippen LogP contribution is -2.13. The van der Waals surface area contributed by atoms with Gasteiger partial charge in [0.25, 0.3) is 0 Å². The van der Waals surface area contributed by atoms with Gasteiger partial charge in [-0.25, -0.2) is 0 Å². The monoisotopic (exact) mass is 438 g/mol. The minimum Gasteiger partial charge on any atom is -0.494 e. The van der Waals surface area contributed by atoms with Gasteiger partial charge < -0.3 is 4.74 Å². The van der Waals surface area contributed by atoms with Crippen molar-refractivity contribution in [3.05, 3.63) is 101 Å². The summed E-state index contributed by atoms with van der Waals surface area (Å²) in [7, 11) is 0. The topological polar surface area (TPSA) is 9.23 Å². The first-order chi connectivity index (χ1) is 16.3. The van der Waals surface area contributed by atoms with Crippen molar-refractivity contribution in [2.75, 3.05) is 6.61 Å². The highest BCUT2D eigenvalue weighted by atomic mass is 16.5. The lowest BCUT2D eigenvalue weighted by atomic mass is 9.79. The molecular formula is C32H38O. The Kier molecular flexibility index (Phi) is 8.41. The molecule has 172 valence electrons. The number of benzene rings is 3. The van der Waals surface area contributed by atoms with Crippen LogP contribution in [0.2, 0.25) is 0 Å². The molecule has 0 saturated heterocycles. The number of rotatable bonds is 10. The van der Waals surface area contributed by atoms with Crippen LogP contribution in [0.3, 0.4) is 0 Å². The van der Waals surface area contributed by atoms with Crippen molar-refractivity contribution < 1.29 is 4.74 Å². The minimum absolute atomic E-state index is 0.636. The molecule has 0 fully saturated rings. The second-order valence-corrected chi connectivity index (χ2v) is 9.35. The SMILES string of the molecule is C/C=C/CCc1ccc(C2CCc3cc(-c4ccc(OCCCCC)cc4)ccc3C2)cc1. The van der Waals surface area contributed by atoms with Gasteiger partial charge in [-0.3, -0.25) is 0 Å². The third-order valence-electron chi connectivity index (χ3n) is 6.93. The van der Waals surface area contributed by atoms with Crippen molar-refractivity contribution in [3.63, 3.8) is 0 Å². The van der Waals surface area contributed by atoms with Gasteiger partial charge in [-0.05, 0) is 96.9 Å². The smallest absolute Gasteiger partial charge is 0.119 e. The van der Waals surface area contributed by atoms with Crippen molar-refractivity contribution in [3.8, 4) is 16.9 Å². The van der Waals surface area contributed by atoms with E-state index >= 15 is 0 Å². The van der Waals surface area contributed by atoms with Gasteiger partial charge in [0, 0.05) is 0 Å². The van der Waals surface area contributed by atoms with Crippen LogP contribution in [0, 0.1) is 0 Å². The highest BCUT2D eigenvalue weighted by molar-refractivity contribution is 5.66. The summed E-state index contributed by atoms with van der Waals surface area (Å²) in [6.45, 7) is 5.12. The average molecular weight is 439 g/mol. The van der Waals surface area contributed by atoms with E-state index in [1.54, 1.807) is 0 Å². The van der Waals surface area contributed by atoms with E-state index in [4.69, 9.17) is 4.74 Å². The molecule has 33 heavy (non-hydrogen) atoms. The molecule has 0 bridgehead atoms. The lowest BCUT2D eigenvalue weighted by molar-refractivity contribution is 0.306. The molecule has 0 aliphatic heterocycles. The molecule has 1 aliphatic carbocycles. The van der Waals surface area contributed by atoms with Gasteiger partial charge >= 0.3 is 0 Å². The molecule has 0 amide bonds. The van der Waals surface area contributed by atoms with Crippen molar-refractivity contribution in [2.24, 2.45) is 0 Å². The van der Waals surface area contributed by atoms with Gasteiger partial charge in [0.2, 0.25) is 0 Å². The van der Waals surface area contributed by atoms with E-state index in [-0.39, 0.29) is 0 Å². The van der Waals surface area contributed by atoms with Crippen LogP contribution in [0.4, 0.5) is 0 Å². The summed E-state index contributed by atoms with van der Waals surface area (Å²) >= 11 is 0. The number of allylic oxidation sites excluding steroid dienone is 2. The summed E-state index contributed by atoms with van der Waals surface area (Å²) in [4.78, 5) is 0. The molecule has 1 heteroatoms. The Bertz CT molecular complexity index is 1030. The third kappa shape index (κ3) is 6.38. The summed E-state index contributed by atoms with van der Waals surface area (Å²) in [5, 5.41) is 0. The van der Waals surface area contributed by atoms with Gasteiger partial charge in [0.05, 0.1) is 6.61 Å². The number of ether oxygens (including phenoxy) is 1. The van der Waals surface area contributed by atoms with Crippen molar-refractivity contribution in [2.45, 2.75) is 71.1 Å². The van der Waals surface area contributed by atoms with E-state index in [0.717, 1.165) is 44.5 Å². The van der Waals surface area contributed by atoms with Crippen molar-refractivity contribution in [1.29, 1.82) is 0 Å². The first-order valence-electron chi connectivity index (χ1n) is 12.8. The molecule has 1 nitrogen and oxygen atoms in total. The van der Waals surface area contributed by atoms with Crippen LogP contribution >= 0.6 is 0 Å². The molecular weight excluding hydrogens is 400 g/mol. The number of fused-ring (bicyclic) bond motifs is 1. The van der Waals surface area contributed by atoms with Gasteiger partial charge in [-0.15, -0.1) is 0 Å². The number of aryl methyl sites for hydroxylation is 2. The maximum absolute atomic E-state index is 5.87. The maximum atomic E-state index is 5.87. The van der Waals surface area contributed by atoms with Crippen LogP contribution in [-0.2, 0) is 19.3 Å². The number of hydrogen-bond acceptors (Lipinski definition) is 1. The fourth-order valence-corrected chi connectivity index (χ4v) is 4.88. The summed E-state index contributed by atoms with van der Waals surface area (Å²) in [5.41, 5.74) is 8.56. The number of hydrogen-bond donors (Lipinski definition) is 0. The summed E-state index contributed by atoms with van der Waals surface area (Å²) in [5.74, 6) is 1.61. The minimum atomic E-state index is 0.636. The normalized spacial score (nSPS) is 15.5. The Labute approximate surface area is 200 Å². The maximum Gasteiger partial charge on any atom is 0.119 e. The first kappa shape index (κ1) is 23.4. The first-order valence-corrected chi connectivity index (χ1v) is 12.8. The molecule has 1 aliphatic rings. The lowest BCUT2D eigenvalue weighted by Gasteiger charge is -2.26. The van der Waals surface area contributed by atoms with Crippen LogP contribution in [0.25, 0.3) is 11.1 Å². The molecule has 3 aromatic rings. The van der Waals surface area contributed by atoms with E-state index < -0.39 is 0 Å². The van der Waals surface area contributed by atoms with Gasteiger partial charge in [0.15, 0.2) is 0 Å². The second kappa shape index (κ2) is 11.9. The molecule has 0 aromatic heterocycles. The van der Waals surface area contributed by atoms with Crippen LogP contribution < -0.4 is 4.74 Å². The Morgan fingerprint density at radius 2 is 1.67 bits per heavy atom. The molecule has 0 heterocycles. The highest BCUT2D eigenvalue weighted by Gasteiger charge is 2.20. The van der Waals surface area contributed by atoms with E-state index in [1.165, 1.54) is 52.6 Å². The molecule has 0 N–H and O–H groups in total. The average Bonchev–Trinajstić information content (AvgIpc) is 2.87. The van der Waals surface area contributed by atoms with E-state index in [1.807, 2.05) is 0 Å². The molecule has 0 spiro atoms. The Balaban J connectivity index is 1.37. The summed E-state index contributed by atoms with van der Waals surface area (Å²) in [6, 6.07) is 25.1. The summed E-state index contributed by atoms with van der Waals surface area (Å²) in [6.07, 6.45) is 13.8. The van der Waals surface area contributed by atoms with Gasteiger partial charge in [0.1, 0.15) is 5.75 Å². The molecule has 1 unspecified atom stereocenters. The predicted molar refractivity (Wildman–Crippen MR) is 141 cm³/mol. The van der Waals surface area contributed by atoms with E-state index in [0.29, 0.717) is 5.92 Å². The van der Waals surface area contributed by atoms with Crippen LogP contribution in [0.15, 0.2) is 78.9 Å². The quantitative estimate of drug-likeness (QED) is 0.227. The second-order valence-electron chi connectivity index (χ2n) is 9.35. The van der Waals surface area contributed by atoms with Crippen LogP contribution in [0.5, 0.6) is 5.75 Å². The molecule has 1 atom stereocenters. The molecule has 0 radical (unpaired) electrons. The van der Waals surface area contributed by atoms with E-state index in [2.05, 4.69) is 92.7 Å². The zero-order valence-electron chi connectivity index (χ0n) is 20.4. The molecule has 3 aromatic carbocycles. The Morgan fingerprint density at radius 3 is 2.42 bits per heavy atom. The molecule has 0 saturated carbocycles. The van der Waals surface area contributed by atoms with Crippen LogP contribution in [0.1, 0.15) is 74.1 Å². The molecule has 4 rings (SSSR count). The Hall–Kier alpha value is -2.80.